The molecule has 0 atom stereocenters. The molecule has 1 aromatic carbocycles. The number of nitrogens with one attached hydrogen (secondary N) is 1. The number of nitrogens with zero attached hydrogens (tertiary/aromatic N) is 4. The molecule has 6 nitrogen and oxygen atoms in total. The van der Waals surface area contributed by atoms with Crippen molar-refractivity contribution < 1.29 is 0 Å². The van der Waals surface area contributed by atoms with Gasteiger partial charge < -0.3 is 16.0 Å². The SMILES string of the molecule is Cc1cc(Br)cc(C)c1Nc1nc(N)nc(N(C)C)n1. The van der Waals surface area contributed by atoms with Crippen LogP contribution in [0.25, 0.3) is 0 Å². The quantitative estimate of drug-likeness (QED) is 0.896. The fourth-order valence-corrected chi connectivity index (χ4v) is 2.54. The van der Waals surface area contributed by atoms with Crippen molar-refractivity contribution in [1.82, 2.24) is 15.0 Å². The summed E-state index contributed by atoms with van der Waals surface area (Å²) < 4.78 is 1.04. The van der Waals surface area contributed by atoms with Crippen molar-refractivity contribution >= 4 is 39.5 Å². The molecule has 3 N–H and O–H groups in total. The molecular weight excluding hydrogens is 320 g/mol. The molecule has 0 saturated carbocycles. The summed E-state index contributed by atoms with van der Waals surface area (Å²) in [5.74, 6) is 1.15. The number of nitrogens with two attached hydrogens (primary N) is 1. The number of benzene rings is 1. The van der Waals surface area contributed by atoms with Crippen molar-refractivity contribution in [3.63, 3.8) is 0 Å². The maximum atomic E-state index is 5.71. The van der Waals surface area contributed by atoms with E-state index in [9.17, 15) is 0 Å². The first-order chi connectivity index (χ1) is 9.36. The molecule has 20 heavy (non-hydrogen) atoms. The summed E-state index contributed by atoms with van der Waals surface area (Å²) in [7, 11) is 3.71. The van der Waals surface area contributed by atoms with Crippen molar-refractivity contribution in [1.29, 1.82) is 0 Å². The Morgan fingerprint density at radius 3 is 2.25 bits per heavy atom. The molecule has 0 aliphatic rings. The van der Waals surface area contributed by atoms with Gasteiger partial charge >= 0.3 is 0 Å². The fourth-order valence-electron chi connectivity index (χ4n) is 1.86. The van der Waals surface area contributed by atoms with Crippen LogP contribution in [0.2, 0.25) is 0 Å². The molecule has 2 rings (SSSR count). The Morgan fingerprint density at radius 1 is 1.10 bits per heavy atom. The van der Waals surface area contributed by atoms with Gasteiger partial charge in [0.15, 0.2) is 0 Å². The zero-order valence-corrected chi connectivity index (χ0v) is 13.5. The van der Waals surface area contributed by atoms with Crippen LogP contribution in [0.5, 0.6) is 0 Å². The predicted molar refractivity (Wildman–Crippen MR) is 85.5 cm³/mol. The number of aryl methyl sites for hydroxylation is 2. The van der Waals surface area contributed by atoms with Crippen LogP contribution in [0.3, 0.4) is 0 Å². The molecule has 0 spiro atoms. The topological polar surface area (TPSA) is 80.0 Å². The Bertz CT molecular complexity index is 618. The van der Waals surface area contributed by atoms with E-state index in [1.54, 1.807) is 4.90 Å². The minimum absolute atomic E-state index is 0.193. The Kier molecular flexibility index (Phi) is 4.08. The van der Waals surface area contributed by atoms with Gasteiger partial charge in [0.05, 0.1) is 0 Å². The lowest BCUT2D eigenvalue weighted by Gasteiger charge is -2.15. The highest BCUT2D eigenvalue weighted by Gasteiger charge is 2.09. The third-order valence-corrected chi connectivity index (χ3v) is 3.23. The fraction of sp³-hybridized carbons (Fsp3) is 0.308. The lowest BCUT2D eigenvalue weighted by molar-refractivity contribution is 0.969. The molecule has 2 aromatic rings. The second-order valence-electron chi connectivity index (χ2n) is 4.75. The van der Waals surface area contributed by atoms with Crippen LogP contribution in [-0.2, 0) is 0 Å². The van der Waals surface area contributed by atoms with Crippen molar-refractivity contribution in [2.75, 3.05) is 30.0 Å². The molecule has 7 heteroatoms. The summed E-state index contributed by atoms with van der Waals surface area (Å²) in [4.78, 5) is 14.3. The molecule has 0 fully saturated rings. The van der Waals surface area contributed by atoms with Crippen molar-refractivity contribution in [3.05, 3.63) is 27.7 Å². The van der Waals surface area contributed by atoms with Crippen LogP contribution in [0.1, 0.15) is 11.1 Å². The van der Waals surface area contributed by atoms with E-state index in [0.717, 1.165) is 21.3 Å². The van der Waals surface area contributed by atoms with Crippen molar-refractivity contribution in [3.8, 4) is 0 Å². The normalized spacial score (nSPS) is 10.4. The maximum absolute atomic E-state index is 5.71. The van der Waals surface area contributed by atoms with E-state index in [1.807, 2.05) is 40.1 Å². The van der Waals surface area contributed by atoms with Crippen LogP contribution < -0.4 is 16.0 Å². The van der Waals surface area contributed by atoms with E-state index in [0.29, 0.717) is 11.9 Å². The third kappa shape index (κ3) is 3.16. The Labute approximate surface area is 126 Å². The smallest absolute Gasteiger partial charge is 0.233 e. The van der Waals surface area contributed by atoms with Crippen LogP contribution in [0.4, 0.5) is 23.5 Å². The van der Waals surface area contributed by atoms with Gasteiger partial charge in [0, 0.05) is 24.3 Å². The van der Waals surface area contributed by atoms with Gasteiger partial charge in [-0.05, 0) is 37.1 Å². The standard InChI is InChI=1S/C13H17BrN6/c1-7-5-9(14)6-8(2)10(7)16-12-17-11(15)18-13(19-12)20(3)4/h5-6H,1-4H3,(H3,15,16,17,18,19). The number of nitrogen functional groups attached to an aromatic ring is 1. The van der Waals surface area contributed by atoms with E-state index < -0.39 is 0 Å². The molecule has 1 heterocycles. The Balaban J connectivity index is 2.40. The van der Waals surface area contributed by atoms with Crippen LogP contribution in [-0.4, -0.2) is 29.0 Å². The van der Waals surface area contributed by atoms with Crippen molar-refractivity contribution in [2.24, 2.45) is 0 Å². The summed E-state index contributed by atoms with van der Waals surface area (Å²) in [6, 6.07) is 4.07. The average molecular weight is 337 g/mol. The highest BCUT2D eigenvalue weighted by atomic mass is 79.9. The van der Waals surface area contributed by atoms with E-state index in [-0.39, 0.29) is 5.95 Å². The average Bonchev–Trinajstić information content (AvgIpc) is 2.33. The summed E-state index contributed by atoms with van der Waals surface area (Å²) in [6.45, 7) is 4.05. The Hall–Kier alpha value is -1.89. The van der Waals surface area contributed by atoms with Gasteiger partial charge in [-0.1, -0.05) is 15.9 Å². The summed E-state index contributed by atoms with van der Waals surface area (Å²) in [6.07, 6.45) is 0. The van der Waals surface area contributed by atoms with Crippen LogP contribution in [0, 0.1) is 13.8 Å². The van der Waals surface area contributed by atoms with E-state index in [2.05, 4.69) is 36.2 Å². The second-order valence-corrected chi connectivity index (χ2v) is 5.67. The van der Waals surface area contributed by atoms with Gasteiger partial charge in [0.1, 0.15) is 0 Å². The van der Waals surface area contributed by atoms with E-state index in [4.69, 9.17) is 5.73 Å². The monoisotopic (exact) mass is 336 g/mol. The van der Waals surface area contributed by atoms with Gasteiger partial charge in [-0.2, -0.15) is 15.0 Å². The number of hydrogen-bond acceptors (Lipinski definition) is 6. The summed E-state index contributed by atoms with van der Waals surface area (Å²) >= 11 is 3.48. The van der Waals surface area contributed by atoms with E-state index in [1.165, 1.54) is 0 Å². The Morgan fingerprint density at radius 2 is 1.70 bits per heavy atom. The molecule has 1 aromatic heterocycles. The predicted octanol–water partition coefficient (Wildman–Crippen LogP) is 2.64. The number of aromatic nitrogens is 3. The van der Waals surface area contributed by atoms with Gasteiger partial charge in [-0.3, -0.25) is 0 Å². The summed E-state index contributed by atoms with van der Waals surface area (Å²) in [5.41, 5.74) is 8.89. The van der Waals surface area contributed by atoms with Crippen LogP contribution >= 0.6 is 15.9 Å². The number of anilines is 4. The third-order valence-electron chi connectivity index (χ3n) is 2.78. The van der Waals surface area contributed by atoms with Gasteiger partial charge in [0.25, 0.3) is 0 Å². The minimum atomic E-state index is 0.193. The van der Waals surface area contributed by atoms with Crippen LogP contribution in [0.15, 0.2) is 16.6 Å². The van der Waals surface area contributed by atoms with Gasteiger partial charge in [-0.15, -0.1) is 0 Å². The number of hydrogen-bond donors (Lipinski definition) is 2. The van der Waals surface area contributed by atoms with E-state index >= 15 is 0 Å². The zero-order valence-electron chi connectivity index (χ0n) is 11.9. The van der Waals surface area contributed by atoms with Gasteiger partial charge in [-0.25, -0.2) is 0 Å². The lowest BCUT2D eigenvalue weighted by atomic mass is 10.1. The molecular formula is C13H17BrN6. The molecule has 0 unspecified atom stereocenters. The molecule has 0 radical (unpaired) electrons. The zero-order chi connectivity index (χ0) is 14.9. The largest absolute Gasteiger partial charge is 0.368 e. The van der Waals surface area contributed by atoms with Gasteiger partial charge in [0.2, 0.25) is 17.8 Å². The molecule has 0 aliphatic heterocycles. The molecule has 0 amide bonds. The molecule has 0 saturated heterocycles. The maximum Gasteiger partial charge on any atom is 0.233 e. The highest BCUT2D eigenvalue weighted by molar-refractivity contribution is 9.10. The minimum Gasteiger partial charge on any atom is -0.368 e. The number of halogens is 1. The summed E-state index contributed by atoms with van der Waals surface area (Å²) in [5, 5.41) is 3.21. The molecule has 0 aliphatic carbocycles. The number of rotatable bonds is 3. The molecule has 0 bridgehead atoms. The van der Waals surface area contributed by atoms with Crippen molar-refractivity contribution in [2.45, 2.75) is 13.8 Å². The molecule has 106 valence electrons. The second kappa shape index (κ2) is 5.62. The first-order valence-electron chi connectivity index (χ1n) is 6.09. The first-order valence-corrected chi connectivity index (χ1v) is 6.89. The lowest BCUT2D eigenvalue weighted by Crippen LogP contribution is -2.16. The highest BCUT2D eigenvalue weighted by Crippen LogP contribution is 2.27. The first kappa shape index (κ1) is 14.5.